The van der Waals surface area contributed by atoms with Gasteiger partial charge in [-0.3, -0.25) is 9.59 Å². The normalized spacial score (nSPS) is 13.1. The van der Waals surface area contributed by atoms with Crippen molar-refractivity contribution in [3.05, 3.63) is 0 Å². The molecule has 0 heterocycles. The van der Waals surface area contributed by atoms with Gasteiger partial charge in [0.25, 0.3) is 11.9 Å². The van der Waals surface area contributed by atoms with Gasteiger partial charge in [-0.25, -0.2) is 0 Å². The summed E-state index contributed by atoms with van der Waals surface area (Å²) in [6.45, 7) is 2.17. The standard InChI is InChI=1S/C6H13N.2C2H4O2.2ClH.H3N.Pt/c7-6-4-2-1-3-5-6;2*1-2(3)4;;;;/h6H,1-5,7H2;2*1H3,(H,3,4);2*1H;1H3;/q;;;;;;+2/p-2. The van der Waals surface area contributed by atoms with Crippen molar-refractivity contribution < 1.29 is 36.3 Å². The first-order valence-electron chi connectivity index (χ1n) is 5.24. The molecule has 1 rings (SSSR count). The van der Waals surface area contributed by atoms with E-state index in [2.05, 4.69) is 0 Å². The van der Waals surface area contributed by atoms with Crippen LogP contribution in [-0.2, 0) is 26.1 Å². The number of hydrogen-bond donors (Lipinski definition) is 4. The summed E-state index contributed by atoms with van der Waals surface area (Å²) in [5.41, 5.74) is 5.63. The number of rotatable bonds is 0. The summed E-state index contributed by atoms with van der Waals surface area (Å²) in [5.74, 6) is -1.67. The first-order valence-corrected chi connectivity index (χ1v) is 10.9. The summed E-state index contributed by atoms with van der Waals surface area (Å²) in [7, 11) is 9.75. The molecule has 0 atom stereocenters. The Morgan fingerprint density at radius 3 is 1.37 bits per heavy atom. The van der Waals surface area contributed by atoms with Crippen LogP contribution in [0.1, 0.15) is 46.0 Å². The summed E-state index contributed by atoms with van der Waals surface area (Å²) in [4.78, 5) is 18.0. The van der Waals surface area contributed by atoms with Crippen LogP contribution in [0.5, 0.6) is 0 Å². The van der Waals surface area contributed by atoms with Gasteiger partial charge in [0.05, 0.1) is 0 Å². The number of carbonyl (C=O) groups is 2. The third-order valence-electron chi connectivity index (χ3n) is 1.65. The van der Waals surface area contributed by atoms with Crippen LogP contribution in [0.3, 0.4) is 0 Å². The number of halogens is 2. The van der Waals surface area contributed by atoms with Gasteiger partial charge in [-0.1, -0.05) is 19.3 Å². The van der Waals surface area contributed by atoms with Gasteiger partial charge in [0.2, 0.25) is 0 Å². The van der Waals surface area contributed by atoms with Crippen molar-refractivity contribution in [1.29, 1.82) is 0 Å². The predicted octanol–water partition coefficient (Wildman–Crippen LogP) is 3.00. The van der Waals surface area contributed by atoms with Crippen LogP contribution in [0.4, 0.5) is 0 Å². The zero-order chi connectivity index (χ0) is 15.0. The zero-order valence-corrected chi connectivity index (χ0v) is 15.0. The molecule has 6 nitrogen and oxygen atoms in total. The molecule has 0 aromatic rings. The summed E-state index contributed by atoms with van der Waals surface area (Å²) in [5, 5.41) is 14.8. The Hall–Kier alpha value is 0.128. The fourth-order valence-corrected chi connectivity index (χ4v) is 1.13. The Kier molecular flexibility index (Phi) is 33.6. The number of nitrogens with two attached hydrogens (primary N) is 1. The Balaban J connectivity index is -0.0000000831. The summed E-state index contributed by atoms with van der Waals surface area (Å²) in [6, 6.07) is 0.536. The van der Waals surface area contributed by atoms with E-state index in [0.717, 1.165) is 13.8 Å². The van der Waals surface area contributed by atoms with Crippen molar-refractivity contribution in [2.24, 2.45) is 5.73 Å². The Morgan fingerprint density at radius 2 is 1.26 bits per heavy atom. The monoisotopic (exact) mass is 501 g/mol. The molecule has 0 bridgehead atoms. The van der Waals surface area contributed by atoms with E-state index >= 15 is 0 Å². The van der Waals surface area contributed by atoms with Crippen LogP contribution in [0, 0.1) is 0 Å². The molecule has 19 heavy (non-hydrogen) atoms. The van der Waals surface area contributed by atoms with Gasteiger partial charge in [0, 0.05) is 19.9 Å². The van der Waals surface area contributed by atoms with Gasteiger partial charge in [-0.2, -0.15) is 0 Å². The second-order valence-corrected chi connectivity index (χ2v) is 6.76. The Labute approximate surface area is 131 Å². The van der Waals surface area contributed by atoms with Gasteiger partial charge in [-0.05, 0) is 12.8 Å². The van der Waals surface area contributed by atoms with Crippen molar-refractivity contribution in [1.82, 2.24) is 6.15 Å². The third kappa shape index (κ3) is 71.4. The topological polar surface area (TPSA) is 136 Å². The van der Waals surface area contributed by atoms with E-state index in [-0.39, 0.29) is 6.15 Å². The van der Waals surface area contributed by atoms with Gasteiger partial charge in [0.15, 0.2) is 0 Å². The van der Waals surface area contributed by atoms with Gasteiger partial charge in [0.1, 0.15) is 0 Å². The van der Waals surface area contributed by atoms with Crippen LogP contribution < -0.4 is 11.9 Å². The van der Waals surface area contributed by atoms with E-state index in [1.165, 1.54) is 32.1 Å². The van der Waals surface area contributed by atoms with E-state index in [0.29, 0.717) is 6.04 Å². The molecule has 0 unspecified atom stereocenters. The molecular weight excluding hydrogens is 478 g/mol. The molecule has 0 radical (unpaired) electrons. The van der Waals surface area contributed by atoms with E-state index in [4.69, 9.17) is 44.4 Å². The van der Waals surface area contributed by atoms with Crippen molar-refractivity contribution in [3.8, 4) is 0 Å². The summed E-state index contributed by atoms with van der Waals surface area (Å²) >= 11 is -0.472. The Morgan fingerprint density at radius 1 is 1.05 bits per heavy atom. The van der Waals surface area contributed by atoms with E-state index < -0.39 is 28.4 Å². The first-order chi connectivity index (χ1) is 8.27. The summed E-state index contributed by atoms with van der Waals surface area (Å²) in [6.07, 6.45) is 6.66. The molecule has 0 aromatic heterocycles. The molecular formula is C10H24Cl2N2O4Pt. The fourth-order valence-electron chi connectivity index (χ4n) is 1.13. The predicted molar refractivity (Wildman–Crippen MR) is 74.4 cm³/mol. The molecule has 7 N–H and O–H groups in total. The van der Waals surface area contributed by atoms with Crippen molar-refractivity contribution in [2.75, 3.05) is 0 Å². The van der Waals surface area contributed by atoms with E-state index in [1.807, 2.05) is 0 Å². The quantitative estimate of drug-likeness (QED) is 0.402. The second kappa shape index (κ2) is 23.2. The van der Waals surface area contributed by atoms with Crippen LogP contribution >= 0.6 is 18.8 Å². The third-order valence-corrected chi connectivity index (χ3v) is 1.65. The molecule has 0 amide bonds. The zero-order valence-electron chi connectivity index (χ0n) is 11.2. The average molecular weight is 502 g/mol. The molecule has 1 aliphatic rings. The Bertz CT molecular complexity index is 186. The number of hydrogen-bond acceptors (Lipinski definition) is 4. The molecule has 0 spiro atoms. The van der Waals surface area contributed by atoms with Crippen LogP contribution in [-0.4, -0.2) is 28.2 Å². The summed E-state index contributed by atoms with van der Waals surface area (Å²) < 4.78 is 0. The van der Waals surface area contributed by atoms with Crippen LogP contribution in [0.25, 0.3) is 0 Å². The molecule has 1 aliphatic carbocycles. The minimum absolute atomic E-state index is 0. The molecule has 1 fully saturated rings. The molecule has 0 aromatic carbocycles. The van der Waals surface area contributed by atoms with Crippen LogP contribution in [0.2, 0.25) is 0 Å². The second-order valence-electron chi connectivity index (χ2n) is 3.48. The van der Waals surface area contributed by atoms with E-state index in [9.17, 15) is 0 Å². The molecule has 0 saturated heterocycles. The van der Waals surface area contributed by atoms with Crippen LogP contribution in [0.15, 0.2) is 0 Å². The van der Waals surface area contributed by atoms with Gasteiger partial charge < -0.3 is 22.1 Å². The van der Waals surface area contributed by atoms with Gasteiger partial charge in [-0.15, -0.1) is 0 Å². The van der Waals surface area contributed by atoms with E-state index in [1.54, 1.807) is 0 Å². The van der Waals surface area contributed by atoms with Crippen molar-refractivity contribution in [2.45, 2.75) is 52.0 Å². The van der Waals surface area contributed by atoms with Crippen molar-refractivity contribution in [3.63, 3.8) is 0 Å². The molecule has 0 aliphatic heterocycles. The van der Waals surface area contributed by atoms with Gasteiger partial charge >= 0.3 is 35.3 Å². The molecule has 122 valence electrons. The number of carboxylic acid groups (broad SMARTS) is 2. The average Bonchev–Trinajstić information content (AvgIpc) is 2.18. The first kappa shape index (κ1) is 27.5. The number of carboxylic acids is 2. The molecule has 9 heteroatoms. The maximum absolute atomic E-state index is 9.00. The molecule has 1 saturated carbocycles. The maximum atomic E-state index is 9.00. The SMILES string of the molecule is CC(=O)O.CC(=O)O.N.NC1CCCCC1.[Cl][Pt][Cl]. The van der Waals surface area contributed by atoms with Crippen molar-refractivity contribution >= 4 is 30.8 Å². The minimum atomic E-state index is -0.833. The number of aliphatic carboxylic acids is 2. The fraction of sp³-hybridized carbons (Fsp3) is 0.800.